The van der Waals surface area contributed by atoms with E-state index in [1.165, 1.54) is 0 Å². The van der Waals surface area contributed by atoms with Crippen molar-refractivity contribution in [2.45, 2.75) is 18.4 Å². The summed E-state index contributed by atoms with van der Waals surface area (Å²) in [4.78, 5) is 38.3. The lowest BCUT2D eigenvalue weighted by molar-refractivity contribution is -0.139. The van der Waals surface area contributed by atoms with E-state index in [0.29, 0.717) is 18.7 Å². The summed E-state index contributed by atoms with van der Waals surface area (Å²) in [6.07, 6.45) is 0.218. The second-order valence-electron chi connectivity index (χ2n) is 6.15. The zero-order valence-corrected chi connectivity index (χ0v) is 13.5. The van der Waals surface area contributed by atoms with Crippen molar-refractivity contribution in [3.05, 3.63) is 36.0 Å². The van der Waals surface area contributed by atoms with Gasteiger partial charge in [0.05, 0.1) is 25.1 Å². The van der Waals surface area contributed by atoms with E-state index in [1.54, 1.807) is 6.07 Å². The molecule has 0 aliphatic carbocycles. The number of carboxylic acid groups (broad SMARTS) is 1. The monoisotopic (exact) mass is 345 g/mol. The van der Waals surface area contributed by atoms with Gasteiger partial charge in [-0.25, -0.2) is 0 Å². The second-order valence-corrected chi connectivity index (χ2v) is 6.15. The Balaban J connectivity index is 1.57. The molecule has 1 aliphatic heterocycles. The van der Waals surface area contributed by atoms with Gasteiger partial charge in [0.25, 0.3) is 5.91 Å². The molecule has 132 valence electrons. The van der Waals surface area contributed by atoms with Crippen LogP contribution >= 0.6 is 0 Å². The number of hydrogen-bond donors (Lipinski definition) is 4. The molecule has 4 N–H and O–H groups in total. The van der Waals surface area contributed by atoms with Crippen LogP contribution in [0.25, 0.3) is 10.9 Å². The van der Waals surface area contributed by atoms with Crippen molar-refractivity contribution in [2.24, 2.45) is 0 Å². The molecular weight excluding hydrogens is 326 g/mol. The lowest BCUT2D eigenvalue weighted by Crippen LogP contribution is -2.53. The minimum absolute atomic E-state index is 0.154. The van der Waals surface area contributed by atoms with Gasteiger partial charge in [0.15, 0.2) is 0 Å². The van der Waals surface area contributed by atoms with Crippen LogP contribution in [0, 0.1) is 0 Å². The molecule has 25 heavy (non-hydrogen) atoms. The summed E-state index contributed by atoms with van der Waals surface area (Å²) < 4.78 is 5.22. The number of carbonyl (C=O) groups excluding carboxylic acids is 2. The Bertz CT molecular complexity index is 774. The number of rotatable bonds is 6. The molecule has 2 heterocycles. The Morgan fingerprint density at radius 2 is 2.08 bits per heavy atom. The van der Waals surface area contributed by atoms with Gasteiger partial charge in [0.2, 0.25) is 5.91 Å². The highest BCUT2D eigenvalue weighted by Gasteiger charge is 2.38. The van der Waals surface area contributed by atoms with Crippen LogP contribution in [0.4, 0.5) is 0 Å². The van der Waals surface area contributed by atoms with Crippen LogP contribution in [0.3, 0.4) is 0 Å². The van der Waals surface area contributed by atoms with E-state index in [2.05, 4.69) is 15.6 Å². The van der Waals surface area contributed by atoms with E-state index in [1.807, 2.05) is 24.3 Å². The van der Waals surface area contributed by atoms with Crippen LogP contribution in [-0.4, -0.2) is 53.2 Å². The first-order chi connectivity index (χ1) is 12.0. The third kappa shape index (κ3) is 3.97. The number of aliphatic carboxylic acids is 1. The summed E-state index contributed by atoms with van der Waals surface area (Å²) in [6, 6.07) is 9.18. The number of fused-ring (bicyclic) bond motifs is 1. The Morgan fingerprint density at radius 3 is 2.76 bits per heavy atom. The average molecular weight is 345 g/mol. The molecule has 0 bridgehead atoms. The molecule has 0 spiro atoms. The molecule has 8 nitrogen and oxygen atoms in total. The van der Waals surface area contributed by atoms with Gasteiger partial charge in [-0.1, -0.05) is 18.2 Å². The van der Waals surface area contributed by atoms with Crippen molar-refractivity contribution in [3.8, 4) is 0 Å². The molecule has 0 radical (unpaired) electrons. The van der Waals surface area contributed by atoms with Gasteiger partial charge >= 0.3 is 5.97 Å². The molecule has 1 aliphatic rings. The maximum absolute atomic E-state index is 12.2. The van der Waals surface area contributed by atoms with Crippen molar-refractivity contribution < 1.29 is 24.2 Å². The van der Waals surface area contributed by atoms with Gasteiger partial charge in [0.1, 0.15) is 5.69 Å². The standard InChI is InChI=1S/C17H19N3O5/c21-14(20-17(8-15(22)23)5-6-25-10-17)9-18-16(24)13-7-11-3-1-2-4-12(11)19-13/h1-4,7,19H,5-6,8-10H2,(H,18,24)(H,20,21)(H,22,23). The number of aromatic amines is 1. The molecule has 1 atom stereocenters. The first kappa shape index (κ1) is 17.0. The lowest BCUT2D eigenvalue weighted by atomic mass is 9.94. The number of carbonyl (C=O) groups is 3. The fourth-order valence-electron chi connectivity index (χ4n) is 2.97. The summed E-state index contributed by atoms with van der Waals surface area (Å²) in [6.45, 7) is 0.311. The Kier molecular flexibility index (Phi) is 4.71. The van der Waals surface area contributed by atoms with Crippen LogP contribution in [0.2, 0.25) is 0 Å². The molecule has 1 fully saturated rings. The highest BCUT2D eigenvalue weighted by atomic mass is 16.5. The third-order valence-electron chi connectivity index (χ3n) is 4.18. The zero-order valence-electron chi connectivity index (χ0n) is 13.5. The van der Waals surface area contributed by atoms with Crippen molar-refractivity contribution in [3.63, 3.8) is 0 Å². The molecule has 3 rings (SSSR count). The lowest BCUT2D eigenvalue weighted by Gasteiger charge is -2.27. The van der Waals surface area contributed by atoms with Gasteiger partial charge in [-0.3, -0.25) is 14.4 Å². The summed E-state index contributed by atoms with van der Waals surface area (Å²) in [5.74, 6) is -1.86. The number of ether oxygens (including phenoxy) is 1. The van der Waals surface area contributed by atoms with E-state index in [0.717, 1.165) is 10.9 Å². The second kappa shape index (κ2) is 6.94. The first-order valence-electron chi connectivity index (χ1n) is 7.94. The maximum Gasteiger partial charge on any atom is 0.305 e. The average Bonchev–Trinajstić information content (AvgIpc) is 3.18. The number of hydrogen-bond acceptors (Lipinski definition) is 4. The molecule has 1 saturated heterocycles. The van der Waals surface area contributed by atoms with Gasteiger partial charge in [0, 0.05) is 17.5 Å². The molecule has 1 aromatic carbocycles. The number of aromatic nitrogens is 1. The van der Waals surface area contributed by atoms with Gasteiger partial charge in [-0.15, -0.1) is 0 Å². The molecule has 2 amide bonds. The summed E-state index contributed by atoms with van der Waals surface area (Å²) in [5.41, 5.74) is 0.286. The molecule has 0 saturated carbocycles. The molecule has 8 heteroatoms. The first-order valence-corrected chi connectivity index (χ1v) is 7.94. The van der Waals surface area contributed by atoms with Crippen LogP contribution < -0.4 is 10.6 Å². The third-order valence-corrected chi connectivity index (χ3v) is 4.18. The number of benzene rings is 1. The summed E-state index contributed by atoms with van der Waals surface area (Å²) >= 11 is 0. The van der Waals surface area contributed by atoms with Gasteiger partial charge < -0.3 is 25.5 Å². The van der Waals surface area contributed by atoms with E-state index in [4.69, 9.17) is 9.84 Å². The molecule has 1 unspecified atom stereocenters. The highest BCUT2D eigenvalue weighted by Crippen LogP contribution is 2.22. The fourth-order valence-corrected chi connectivity index (χ4v) is 2.97. The molecular formula is C17H19N3O5. The summed E-state index contributed by atoms with van der Waals surface area (Å²) in [7, 11) is 0. The number of para-hydroxylation sites is 1. The normalized spacial score (nSPS) is 19.7. The van der Waals surface area contributed by atoms with E-state index >= 15 is 0 Å². The minimum Gasteiger partial charge on any atom is -0.481 e. The van der Waals surface area contributed by atoms with E-state index in [-0.39, 0.29) is 19.6 Å². The highest BCUT2D eigenvalue weighted by molar-refractivity contribution is 5.99. The van der Waals surface area contributed by atoms with Crippen molar-refractivity contribution in [2.75, 3.05) is 19.8 Å². The molecule has 1 aromatic heterocycles. The number of carboxylic acids is 1. The fraction of sp³-hybridized carbons (Fsp3) is 0.353. The predicted octanol–water partition coefficient (Wildman–Crippen LogP) is 0.648. The topological polar surface area (TPSA) is 121 Å². The van der Waals surface area contributed by atoms with Crippen molar-refractivity contribution in [1.29, 1.82) is 0 Å². The SMILES string of the molecule is O=C(O)CC1(NC(=O)CNC(=O)c2cc3ccccc3[nH]2)CCOC1. The van der Waals surface area contributed by atoms with Crippen molar-refractivity contribution >= 4 is 28.7 Å². The van der Waals surface area contributed by atoms with Crippen molar-refractivity contribution in [1.82, 2.24) is 15.6 Å². The molecule has 2 aromatic rings. The van der Waals surface area contributed by atoms with E-state index in [9.17, 15) is 14.4 Å². The Morgan fingerprint density at radius 1 is 1.28 bits per heavy atom. The largest absolute Gasteiger partial charge is 0.481 e. The van der Waals surface area contributed by atoms with Crippen LogP contribution in [0.5, 0.6) is 0 Å². The zero-order chi connectivity index (χ0) is 17.9. The maximum atomic E-state index is 12.2. The predicted molar refractivity (Wildman–Crippen MR) is 89.2 cm³/mol. The minimum atomic E-state index is -1.01. The van der Waals surface area contributed by atoms with E-state index < -0.39 is 23.3 Å². The van der Waals surface area contributed by atoms with Gasteiger partial charge in [-0.2, -0.15) is 0 Å². The van der Waals surface area contributed by atoms with Crippen LogP contribution in [-0.2, 0) is 14.3 Å². The smallest absolute Gasteiger partial charge is 0.305 e. The Hall–Kier alpha value is -2.87. The number of amides is 2. The number of nitrogens with one attached hydrogen (secondary N) is 3. The number of H-pyrrole nitrogens is 1. The van der Waals surface area contributed by atoms with Crippen LogP contribution in [0.15, 0.2) is 30.3 Å². The van der Waals surface area contributed by atoms with Crippen LogP contribution in [0.1, 0.15) is 23.3 Å². The summed E-state index contributed by atoms with van der Waals surface area (Å²) in [5, 5.41) is 15.1. The van der Waals surface area contributed by atoms with Gasteiger partial charge in [-0.05, 0) is 18.6 Å². The Labute approximate surface area is 143 Å². The quantitative estimate of drug-likeness (QED) is 0.612.